The van der Waals surface area contributed by atoms with Crippen molar-refractivity contribution >= 4 is 6.16 Å². The number of ether oxygens (including phenoxy) is 1. The number of aromatic nitrogens is 1. The lowest BCUT2D eigenvalue weighted by molar-refractivity contribution is -0.0963. The molecule has 0 radical (unpaired) electrons. The second kappa shape index (κ2) is 10.5. The maximum atomic E-state index is 11.6. The number of rotatable bonds is 10. The predicted molar refractivity (Wildman–Crippen MR) is 103 cm³/mol. The zero-order valence-corrected chi connectivity index (χ0v) is 16.3. The highest BCUT2D eigenvalue weighted by molar-refractivity contribution is 5.58. The lowest BCUT2D eigenvalue weighted by Crippen LogP contribution is -2.58. The summed E-state index contributed by atoms with van der Waals surface area (Å²) in [6.07, 6.45) is 11.5. The molecule has 0 amide bonds. The van der Waals surface area contributed by atoms with Crippen LogP contribution < -0.4 is 0 Å². The molecule has 0 aromatic carbocycles. The highest BCUT2D eigenvalue weighted by atomic mass is 16.7. The van der Waals surface area contributed by atoms with E-state index in [1.54, 1.807) is 6.20 Å². The van der Waals surface area contributed by atoms with Gasteiger partial charge in [-0.2, -0.15) is 0 Å². The van der Waals surface area contributed by atoms with Crippen LogP contribution in [0, 0.1) is 0 Å². The van der Waals surface area contributed by atoms with Crippen LogP contribution in [0.2, 0.25) is 0 Å². The molecule has 2 rings (SSSR count). The van der Waals surface area contributed by atoms with Crippen LogP contribution in [0.5, 0.6) is 0 Å². The highest BCUT2D eigenvalue weighted by Gasteiger charge is 2.47. The van der Waals surface area contributed by atoms with Gasteiger partial charge in [0.2, 0.25) is 0 Å². The fraction of sp³-hybridized carbons (Fsp3) is 0.714. The number of unbranched alkanes of at least 4 members (excludes halogenated alkanes) is 2. The van der Waals surface area contributed by atoms with Gasteiger partial charge in [0.15, 0.2) is 0 Å². The van der Waals surface area contributed by atoms with E-state index >= 15 is 0 Å². The molecule has 0 spiro atoms. The number of pyridine rings is 1. The molecule has 5 nitrogen and oxygen atoms in total. The lowest BCUT2D eigenvalue weighted by Gasteiger charge is -2.48. The zero-order chi connectivity index (χ0) is 18.8. The second-order valence-electron chi connectivity index (χ2n) is 7.48. The van der Waals surface area contributed by atoms with Gasteiger partial charge in [0.25, 0.3) is 0 Å². The van der Waals surface area contributed by atoms with Gasteiger partial charge in [-0.3, -0.25) is 9.88 Å². The summed E-state index contributed by atoms with van der Waals surface area (Å²) >= 11 is 0. The van der Waals surface area contributed by atoms with Crippen LogP contribution in [0.4, 0.5) is 4.79 Å². The molecule has 0 bridgehead atoms. The van der Waals surface area contributed by atoms with Crippen molar-refractivity contribution in [3.63, 3.8) is 0 Å². The molecule has 5 heteroatoms. The molecule has 146 valence electrons. The Hall–Kier alpha value is -1.62. The first-order chi connectivity index (χ1) is 12.6. The van der Waals surface area contributed by atoms with Crippen LogP contribution >= 0.6 is 0 Å². The average molecular weight is 363 g/mol. The number of hydrogen-bond acceptors (Lipinski definition) is 4. The van der Waals surface area contributed by atoms with Gasteiger partial charge in [-0.25, -0.2) is 4.79 Å². The molecule has 0 unspecified atom stereocenters. The smallest absolute Gasteiger partial charge is 0.450 e. The molecule has 0 aliphatic heterocycles. The zero-order valence-electron chi connectivity index (χ0n) is 16.3. The predicted octanol–water partition coefficient (Wildman–Crippen LogP) is 4.90. The summed E-state index contributed by atoms with van der Waals surface area (Å²) in [6.45, 7) is 6.43. The largest absolute Gasteiger partial charge is 0.506 e. The Balaban J connectivity index is 2.30. The Morgan fingerprint density at radius 2 is 2.04 bits per heavy atom. The molecule has 1 heterocycles. The van der Waals surface area contributed by atoms with Gasteiger partial charge >= 0.3 is 6.16 Å². The Labute approximate surface area is 157 Å². The van der Waals surface area contributed by atoms with E-state index in [1.807, 2.05) is 18.3 Å². The molecule has 1 aliphatic carbocycles. The molecule has 1 N–H and O–H groups in total. The summed E-state index contributed by atoms with van der Waals surface area (Å²) in [5, 5.41) is 9.50. The van der Waals surface area contributed by atoms with Gasteiger partial charge in [0.05, 0.1) is 0 Å². The normalized spacial score (nSPS) is 23.1. The number of carbonyl (C=O) groups is 1. The minimum absolute atomic E-state index is 0.144. The minimum atomic E-state index is -1.16. The summed E-state index contributed by atoms with van der Waals surface area (Å²) in [5.74, 6) is 0. The van der Waals surface area contributed by atoms with Crippen molar-refractivity contribution in [2.45, 2.75) is 83.3 Å². The summed E-state index contributed by atoms with van der Waals surface area (Å²) in [7, 11) is 0. The van der Waals surface area contributed by atoms with Crippen molar-refractivity contribution in [2.24, 2.45) is 0 Å². The monoisotopic (exact) mass is 362 g/mol. The van der Waals surface area contributed by atoms with E-state index in [-0.39, 0.29) is 6.04 Å². The second-order valence-corrected chi connectivity index (χ2v) is 7.48. The Kier molecular flexibility index (Phi) is 8.36. The highest BCUT2D eigenvalue weighted by Crippen LogP contribution is 2.38. The van der Waals surface area contributed by atoms with E-state index in [1.165, 1.54) is 0 Å². The van der Waals surface area contributed by atoms with Crippen LogP contribution in [0.25, 0.3) is 0 Å². The lowest BCUT2D eigenvalue weighted by atomic mass is 9.75. The maximum absolute atomic E-state index is 11.6. The van der Waals surface area contributed by atoms with Gasteiger partial charge < -0.3 is 9.84 Å². The molecule has 2 atom stereocenters. The fourth-order valence-electron chi connectivity index (χ4n) is 4.24. The third-order valence-electron chi connectivity index (χ3n) is 5.49. The van der Waals surface area contributed by atoms with Gasteiger partial charge in [0, 0.05) is 24.9 Å². The molecule has 0 saturated heterocycles. The van der Waals surface area contributed by atoms with Gasteiger partial charge in [0.1, 0.15) is 5.60 Å². The maximum Gasteiger partial charge on any atom is 0.506 e. The molecule has 26 heavy (non-hydrogen) atoms. The Bertz CT molecular complexity index is 529. The molecular formula is C21H34N2O3. The van der Waals surface area contributed by atoms with Gasteiger partial charge in [-0.05, 0) is 56.8 Å². The molecule has 1 aromatic heterocycles. The molecule has 1 saturated carbocycles. The van der Waals surface area contributed by atoms with Crippen molar-refractivity contribution in [3.05, 3.63) is 30.1 Å². The quantitative estimate of drug-likeness (QED) is 0.600. The topological polar surface area (TPSA) is 62.7 Å². The van der Waals surface area contributed by atoms with Crippen LogP contribution in [-0.4, -0.2) is 45.9 Å². The molecule has 1 fully saturated rings. The number of carboxylic acid groups (broad SMARTS) is 1. The first-order valence-corrected chi connectivity index (χ1v) is 10.2. The van der Waals surface area contributed by atoms with E-state index < -0.39 is 11.8 Å². The van der Waals surface area contributed by atoms with E-state index in [0.29, 0.717) is 6.42 Å². The van der Waals surface area contributed by atoms with E-state index in [4.69, 9.17) is 4.74 Å². The van der Waals surface area contributed by atoms with Crippen LogP contribution in [0.15, 0.2) is 24.5 Å². The third-order valence-corrected chi connectivity index (χ3v) is 5.49. The standard InChI is InChI=1S/C21H34N2O3/c1-3-5-14-23(15-6-4-2)19-11-7-8-12-21(19,26-20(24)25)16-18-10-9-13-22-17-18/h9-10,13,17,19H,3-8,11-12,14-16H2,1-2H3,(H,24,25)/t19-,21+/m1/s1. The van der Waals surface area contributed by atoms with Gasteiger partial charge in [-0.15, -0.1) is 0 Å². The van der Waals surface area contributed by atoms with Crippen LogP contribution in [0.3, 0.4) is 0 Å². The van der Waals surface area contributed by atoms with Crippen LogP contribution in [-0.2, 0) is 11.2 Å². The Morgan fingerprint density at radius 1 is 1.31 bits per heavy atom. The first-order valence-electron chi connectivity index (χ1n) is 10.2. The average Bonchev–Trinajstić information content (AvgIpc) is 2.63. The fourth-order valence-corrected chi connectivity index (χ4v) is 4.24. The SMILES string of the molecule is CCCCN(CCCC)[C@@H]1CCCC[C@@]1(Cc1cccnc1)OC(=O)O. The summed E-state index contributed by atoms with van der Waals surface area (Å²) in [4.78, 5) is 18.3. The van der Waals surface area contributed by atoms with E-state index in [2.05, 4.69) is 23.7 Å². The summed E-state index contributed by atoms with van der Waals surface area (Å²) in [6, 6.07) is 4.08. The molecule has 1 aliphatic rings. The van der Waals surface area contributed by atoms with E-state index in [0.717, 1.165) is 70.0 Å². The third kappa shape index (κ3) is 5.70. The number of hydrogen-bond donors (Lipinski definition) is 1. The summed E-state index contributed by atoms with van der Waals surface area (Å²) in [5.41, 5.74) is 0.376. The van der Waals surface area contributed by atoms with Gasteiger partial charge in [-0.1, -0.05) is 39.2 Å². The van der Waals surface area contributed by atoms with Crippen molar-refractivity contribution in [1.29, 1.82) is 0 Å². The van der Waals surface area contributed by atoms with Crippen molar-refractivity contribution in [2.75, 3.05) is 13.1 Å². The van der Waals surface area contributed by atoms with Crippen molar-refractivity contribution in [3.8, 4) is 0 Å². The Morgan fingerprint density at radius 3 is 2.62 bits per heavy atom. The molecule has 1 aromatic rings. The minimum Gasteiger partial charge on any atom is -0.450 e. The van der Waals surface area contributed by atoms with E-state index in [9.17, 15) is 9.90 Å². The summed E-state index contributed by atoms with van der Waals surface area (Å²) < 4.78 is 5.68. The van der Waals surface area contributed by atoms with Crippen molar-refractivity contribution < 1.29 is 14.6 Å². The van der Waals surface area contributed by atoms with Crippen LogP contribution in [0.1, 0.15) is 70.8 Å². The first kappa shape index (κ1) is 20.7. The molecular weight excluding hydrogens is 328 g/mol. The van der Waals surface area contributed by atoms with Crippen molar-refractivity contribution in [1.82, 2.24) is 9.88 Å². The number of nitrogens with zero attached hydrogens (tertiary/aromatic N) is 2.